The number of nitrogens with one attached hydrogen (secondary N) is 1. The third kappa shape index (κ3) is 8.27. The van der Waals surface area contributed by atoms with Gasteiger partial charge in [-0.25, -0.2) is 8.42 Å². The standard InChI is InChI=1S/C24H30Cl3N3O4S/c1-4-21(24(32)28-5-2)29(16-17-9-6-7-10-19(17)26)23(31)11-8-14-30(35(3,33)34)22-15-18(25)12-13-20(22)27/h6-7,9-10,12-13,15,21H,4-5,8,11,14,16H2,1-3H3,(H,28,32). The maximum atomic E-state index is 13.3. The molecule has 2 amide bonds. The Labute approximate surface area is 222 Å². The van der Waals surface area contributed by atoms with Crippen molar-refractivity contribution in [1.82, 2.24) is 10.2 Å². The number of carbonyl (C=O) groups excluding carboxylic acids is 2. The van der Waals surface area contributed by atoms with Gasteiger partial charge in [0.2, 0.25) is 21.8 Å². The van der Waals surface area contributed by atoms with Gasteiger partial charge in [0.1, 0.15) is 6.04 Å². The highest BCUT2D eigenvalue weighted by Crippen LogP contribution is 2.31. The fraction of sp³-hybridized carbons (Fsp3) is 0.417. The molecule has 2 aromatic rings. The minimum absolute atomic E-state index is 0.0164. The third-order valence-electron chi connectivity index (χ3n) is 5.36. The molecule has 0 saturated heterocycles. The predicted octanol–water partition coefficient (Wildman–Crippen LogP) is 5.14. The number of anilines is 1. The summed E-state index contributed by atoms with van der Waals surface area (Å²) in [5.41, 5.74) is 0.963. The molecule has 0 radical (unpaired) electrons. The van der Waals surface area contributed by atoms with Gasteiger partial charge in [-0.15, -0.1) is 0 Å². The number of hydrogen-bond donors (Lipinski definition) is 1. The molecule has 0 saturated carbocycles. The minimum Gasteiger partial charge on any atom is -0.355 e. The van der Waals surface area contributed by atoms with E-state index >= 15 is 0 Å². The Morgan fingerprint density at radius 2 is 1.71 bits per heavy atom. The summed E-state index contributed by atoms with van der Waals surface area (Å²) < 4.78 is 26.1. The molecule has 0 aromatic heterocycles. The lowest BCUT2D eigenvalue weighted by atomic mass is 10.1. The Morgan fingerprint density at radius 3 is 2.31 bits per heavy atom. The summed E-state index contributed by atoms with van der Waals surface area (Å²) in [6.45, 7) is 4.25. The number of likely N-dealkylation sites (N-methyl/N-ethyl adjacent to an activating group) is 1. The number of halogens is 3. The fourth-order valence-corrected chi connectivity index (χ4v) is 5.28. The van der Waals surface area contributed by atoms with E-state index < -0.39 is 16.1 Å². The van der Waals surface area contributed by atoms with Crippen LogP contribution in [0, 0.1) is 0 Å². The second-order valence-corrected chi connectivity index (χ2v) is 11.1. The molecule has 1 atom stereocenters. The van der Waals surface area contributed by atoms with Crippen molar-refractivity contribution < 1.29 is 18.0 Å². The maximum Gasteiger partial charge on any atom is 0.242 e. The molecule has 2 rings (SSSR count). The first-order chi connectivity index (χ1) is 16.5. The molecule has 0 bridgehead atoms. The van der Waals surface area contributed by atoms with Gasteiger partial charge >= 0.3 is 0 Å². The zero-order valence-electron chi connectivity index (χ0n) is 19.9. The Hall–Kier alpha value is -2.00. The lowest BCUT2D eigenvalue weighted by molar-refractivity contribution is -0.141. The molecule has 35 heavy (non-hydrogen) atoms. The van der Waals surface area contributed by atoms with E-state index in [1.54, 1.807) is 24.3 Å². The summed E-state index contributed by atoms with van der Waals surface area (Å²) in [6.07, 6.45) is 1.71. The number of hydrogen-bond acceptors (Lipinski definition) is 4. The van der Waals surface area contributed by atoms with Crippen molar-refractivity contribution in [2.24, 2.45) is 0 Å². The van der Waals surface area contributed by atoms with Crippen LogP contribution in [0.3, 0.4) is 0 Å². The Bertz CT molecular complexity index is 1140. The summed E-state index contributed by atoms with van der Waals surface area (Å²) in [6, 6.07) is 11.0. The van der Waals surface area contributed by atoms with Crippen molar-refractivity contribution in [3.05, 3.63) is 63.1 Å². The van der Waals surface area contributed by atoms with Crippen LogP contribution < -0.4 is 9.62 Å². The molecule has 192 valence electrons. The van der Waals surface area contributed by atoms with Crippen molar-refractivity contribution in [3.63, 3.8) is 0 Å². The molecular weight excluding hydrogens is 533 g/mol. The van der Waals surface area contributed by atoms with Crippen LogP contribution in [0.5, 0.6) is 0 Å². The van der Waals surface area contributed by atoms with Crippen molar-refractivity contribution in [3.8, 4) is 0 Å². The first-order valence-corrected chi connectivity index (χ1v) is 14.2. The van der Waals surface area contributed by atoms with Crippen LogP contribution in [0.4, 0.5) is 5.69 Å². The van der Waals surface area contributed by atoms with E-state index in [2.05, 4.69) is 5.32 Å². The highest BCUT2D eigenvalue weighted by Gasteiger charge is 2.29. The summed E-state index contributed by atoms with van der Waals surface area (Å²) in [5, 5.41) is 3.85. The average Bonchev–Trinajstić information content (AvgIpc) is 2.79. The van der Waals surface area contributed by atoms with Crippen molar-refractivity contribution >= 4 is 62.3 Å². The zero-order chi connectivity index (χ0) is 26.2. The van der Waals surface area contributed by atoms with Crippen molar-refractivity contribution in [2.45, 2.75) is 45.7 Å². The van der Waals surface area contributed by atoms with E-state index in [1.165, 1.54) is 17.0 Å². The van der Waals surface area contributed by atoms with Gasteiger partial charge in [0, 0.05) is 36.1 Å². The molecule has 7 nitrogen and oxygen atoms in total. The van der Waals surface area contributed by atoms with Gasteiger partial charge in [-0.05, 0) is 49.6 Å². The quantitative estimate of drug-likeness (QED) is 0.388. The average molecular weight is 563 g/mol. The Balaban J connectivity index is 2.25. The maximum absolute atomic E-state index is 13.3. The third-order valence-corrected chi connectivity index (χ3v) is 7.47. The van der Waals surface area contributed by atoms with Gasteiger partial charge in [-0.2, -0.15) is 0 Å². The summed E-state index contributed by atoms with van der Waals surface area (Å²) in [7, 11) is -3.69. The number of rotatable bonds is 12. The molecule has 0 heterocycles. The highest BCUT2D eigenvalue weighted by molar-refractivity contribution is 7.92. The van der Waals surface area contributed by atoms with Gasteiger partial charge in [-0.3, -0.25) is 13.9 Å². The van der Waals surface area contributed by atoms with Gasteiger partial charge in [-0.1, -0.05) is 59.9 Å². The minimum atomic E-state index is -3.69. The Kier molecular flexibility index (Phi) is 11.1. The first kappa shape index (κ1) is 29.2. The first-order valence-electron chi connectivity index (χ1n) is 11.2. The van der Waals surface area contributed by atoms with Crippen LogP contribution in [0.1, 0.15) is 38.7 Å². The summed E-state index contributed by atoms with van der Waals surface area (Å²) in [4.78, 5) is 27.6. The lowest BCUT2D eigenvalue weighted by Gasteiger charge is -2.31. The summed E-state index contributed by atoms with van der Waals surface area (Å²) >= 11 is 18.6. The Morgan fingerprint density at radius 1 is 1.03 bits per heavy atom. The zero-order valence-corrected chi connectivity index (χ0v) is 23.0. The van der Waals surface area contributed by atoms with Gasteiger partial charge in [0.25, 0.3) is 0 Å². The number of carbonyl (C=O) groups is 2. The molecule has 0 spiro atoms. The second kappa shape index (κ2) is 13.3. The van der Waals surface area contributed by atoms with E-state index in [0.717, 1.165) is 10.6 Å². The van der Waals surface area contributed by atoms with Crippen molar-refractivity contribution in [2.75, 3.05) is 23.7 Å². The van der Waals surface area contributed by atoms with E-state index in [0.29, 0.717) is 28.6 Å². The van der Waals surface area contributed by atoms with Crippen LogP contribution in [0.2, 0.25) is 15.1 Å². The topological polar surface area (TPSA) is 86.8 Å². The van der Waals surface area contributed by atoms with E-state index in [4.69, 9.17) is 34.8 Å². The van der Waals surface area contributed by atoms with E-state index in [-0.39, 0.29) is 48.5 Å². The van der Waals surface area contributed by atoms with Crippen LogP contribution in [0.25, 0.3) is 0 Å². The van der Waals surface area contributed by atoms with Gasteiger partial charge in [0.05, 0.1) is 17.0 Å². The fourth-order valence-electron chi connectivity index (χ4n) is 3.68. The number of nitrogens with zero attached hydrogens (tertiary/aromatic N) is 2. The molecule has 11 heteroatoms. The monoisotopic (exact) mass is 561 g/mol. The number of benzene rings is 2. The number of sulfonamides is 1. The van der Waals surface area contributed by atoms with Gasteiger partial charge < -0.3 is 10.2 Å². The summed E-state index contributed by atoms with van der Waals surface area (Å²) in [5.74, 6) is -0.535. The van der Waals surface area contributed by atoms with Crippen LogP contribution in [-0.4, -0.2) is 50.5 Å². The second-order valence-electron chi connectivity index (χ2n) is 7.97. The van der Waals surface area contributed by atoms with Crippen molar-refractivity contribution in [1.29, 1.82) is 0 Å². The van der Waals surface area contributed by atoms with E-state index in [1.807, 2.05) is 19.9 Å². The van der Waals surface area contributed by atoms with E-state index in [9.17, 15) is 18.0 Å². The predicted molar refractivity (Wildman–Crippen MR) is 143 cm³/mol. The molecule has 0 aliphatic rings. The van der Waals surface area contributed by atoms with Gasteiger partial charge in [0.15, 0.2) is 0 Å². The lowest BCUT2D eigenvalue weighted by Crippen LogP contribution is -2.49. The largest absolute Gasteiger partial charge is 0.355 e. The number of amides is 2. The molecule has 2 aromatic carbocycles. The molecule has 1 N–H and O–H groups in total. The van der Waals surface area contributed by atoms with Crippen LogP contribution in [-0.2, 0) is 26.2 Å². The highest BCUT2D eigenvalue weighted by atomic mass is 35.5. The van der Waals surface area contributed by atoms with Crippen LogP contribution >= 0.6 is 34.8 Å². The SMILES string of the molecule is CCNC(=O)C(CC)N(Cc1ccccc1Cl)C(=O)CCCN(c1cc(Cl)ccc1Cl)S(C)(=O)=O. The smallest absolute Gasteiger partial charge is 0.242 e. The molecule has 0 fully saturated rings. The molecule has 0 aliphatic heterocycles. The molecular formula is C24H30Cl3N3O4S. The molecule has 1 unspecified atom stereocenters. The molecule has 0 aliphatic carbocycles. The van der Waals surface area contributed by atoms with Crippen LogP contribution in [0.15, 0.2) is 42.5 Å². The normalized spacial score (nSPS) is 12.2.